The number of hydrogen-bond acceptors (Lipinski definition) is 4. The zero-order chi connectivity index (χ0) is 18.6. The molecule has 1 amide bonds. The van der Waals surface area contributed by atoms with E-state index in [9.17, 15) is 14.4 Å². The van der Waals surface area contributed by atoms with Gasteiger partial charge < -0.3 is 10.1 Å². The van der Waals surface area contributed by atoms with Crippen LogP contribution in [-0.4, -0.2) is 29.6 Å². The molecule has 2 aliphatic carbocycles. The topological polar surface area (TPSA) is 72.5 Å². The number of anilines is 1. The molecule has 5 nitrogen and oxygen atoms in total. The third-order valence-corrected chi connectivity index (χ3v) is 7.90. The first-order valence-corrected chi connectivity index (χ1v) is 9.22. The summed E-state index contributed by atoms with van der Waals surface area (Å²) in [6.07, 6.45) is 1.32. The fraction of sp³-hybridized carbons (Fsp3) is 0.526. The molecule has 2 aliphatic rings. The van der Waals surface area contributed by atoms with Gasteiger partial charge in [-0.15, -0.1) is 0 Å². The van der Waals surface area contributed by atoms with E-state index in [0.29, 0.717) is 24.1 Å². The van der Waals surface area contributed by atoms with Gasteiger partial charge in [0, 0.05) is 5.41 Å². The van der Waals surface area contributed by atoms with Crippen molar-refractivity contribution in [2.24, 2.45) is 16.2 Å². The summed E-state index contributed by atoms with van der Waals surface area (Å²) in [5, 5.41) is 2.89. The summed E-state index contributed by atoms with van der Waals surface area (Å²) < 4.78 is 4.79. The molecule has 0 aromatic heterocycles. The zero-order valence-corrected chi connectivity index (χ0v) is 16.4. The van der Waals surface area contributed by atoms with Crippen LogP contribution in [0, 0.1) is 16.2 Å². The van der Waals surface area contributed by atoms with Crippen LogP contribution in [0.4, 0.5) is 5.69 Å². The first-order valence-electron chi connectivity index (χ1n) is 8.30. The van der Waals surface area contributed by atoms with Crippen LogP contribution >= 0.6 is 15.9 Å². The van der Waals surface area contributed by atoms with Gasteiger partial charge in [-0.3, -0.25) is 9.59 Å². The molecular weight excluding hydrogens is 386 g/mol. The largest absolute Gasteiger partial charge is 0.465 e. The van der Waals surface area contributed by atoms with Gasteiger partial charge in [-0.05, 0) is 30.4 Å². The van der Waals surface area contributed by atoms with Crippen LogP contribution in [0.15, 0.2) is 24.3 Å². The van der Waals surface area contributed by atoms with Crippen LogP contribution in [0.3, 0.4) is 0 Å². The van der Waals surface area contributed by atoms with Crippen LogP contribution in [0.25, 0.3) is 0 Å². The van der Waals surface area contributed by atoms with E-state index in [1.54, 1.807) is 24.3 Å². The number of Topliss-reactive ketones (excluding diaryl/α,β-unsaturated/α-hetero) is 1. The number of amides is 1. The minimum Gasteiger partial charge on any atom is -0.465 e. The van der Waals surface area contributed by atoms with E-state index < -0.39 is 27.0 Å². The van der Waals surface area contributed by atoms with Crippen LogP contribution in [-0.2, 0) is 14.3 Å². The summed E-state index contributed by atoms with van der Waals surface area (Å²) in [5.41, 5.74) is -1.17. The van der Waals surface area contributed by atoms with Gasteiger partial charge in [0.2, 0.25) is 5.91 Å². The number of ketones is 1. The van der Waals surface area contributed by atoms with E-state index >= 15 is 0 Å². The van der Waals surface area contributed by atoms with Crippen molar-refractivity contribution in [2.75, 3.05) is 12.4 Å². The predicted octanol–water partition coefficient (Wildman–Crippen LogP) is 3.57. The molecule has 0 saturated heterocycles. The molecule has 1 N–H and O–H groups in total. The number of carbonyl (C=O) groups excluding carboxylic acids is 3. The number of hydrogen-bond donors (Lipinski definition) is 1. The third kappa shape index (κ3) is 2.09. The van der Waals surface area contributed by atoms with Crippen molar-refractivity contribution in [1.82, 2.24) is 0 Å². The number of alkyl halides is 1. The molecule has 0 spiro atoms. The van der Waals surface area contributed by atoms with Crippen molar-refractivity contribution in [1.29, 1.82) is 0 Å². The predicted molar refractivity (Wildman–Crippen MR) is 97.7 cm³/mol. The van der Waals surface area contributed by atoms with E-state index in [2.05, 4.69) is 21.2 Å². The number of ether oxygens (including phenoxy) is 1. The van der Waals surface area contributed by atoms with E-state index in [-0.39, 0.29) is 11.7 Å². The van der Waals surface area contributed by atoms with Gasteiger partial charge in [0.15, 0.2) is 5.78 Å². The summed E-state index contributed by atoms with van der Waals surface area (Å²) in [6, 6.07) is 6.73. The van der Waals surface area contributed by atoms with Crippen LogP contribution in [0.5, 0.6) is 0 Å². The molecule has 2 bridgehead atoms. The molecule has 6 heteroatoms. The molecule has 3 atom stereocenters. The average molecular weight is 408 g/mol. The van der Waals surface area contributed by atoms with Gasteiger partial charge >= 0.3 is 5.97 Å². The highest BCUT2D eigenvalue weighted by Crippen LogP contribution is 2.72. The second-order valence-electron chi connectivity index (χ2n) is 7.65. The van der Waals surface area contributed by atoms with Crippen LogP contribution in [0.1, 0.15) is 44.0 Å². The quantitative estimate of drug-likeness (QED) is 0.613. The normalized spacial score (nSPS) is 32.5. The molecule has 1 aromatic rings. The standard InChI is InChI=1S/C19H22BrNO4/c1-17(2)18(3)9-10-19(17,13(20)14(18)22)16(24)21-12-8-6-5-7-11(12)15(23)25-4/h5-8,13H,9-10H2,1-4H3,(H,21,24)/t13-,18+,19-/m0/s1. The summed E-state index contributed by atoms with van der Waals surface area (Å²) in [4.78, 5) is 37.5. The Bertz CT molecular complexity index is 774. The zero-order valence-electron chi connectivity index (χ0n) is 14.8. The first-order chi connectivity index (χ1) is 11.6. The van der Waals surface area contributed by atoms with Gasteiger partial charge in [-0.25, -0.2) is 4.79 Å². The highest BCUT2D eigenvalue weighted by atomic mass is 79.9. The van der Waals surface area contributed by atoms with Crippen molar-refractivity contribution in [3.63, 3.8) is 0 Å². The number of carbonyl (C=O) groups is 3. The van der Waals surface area contributed by atoms with E-state index in [0.717, 1.165) is 0 Å². The molecule has 0 aliphatic heterocycles. The van der Waals surface area contributed by atoms with Gasteiger partial charge in [0.05, 0.1) is 28.6 Å². The molecule has 25 heavy (non-hydrogen) atoms. The van der Waals surface area contributed by atoms with E-state index in [4.69, 9.17) is 4.74 Å². The van der Waals surface area contributed by atoms with Gasteiger partial charge in [-0.2, -0.15) is 0 Å². The van der Waals surface area contributed by atoms with Gasteiger partial charge in [0.25, 0.3) is 0 Å². The van der Waals surface area contributed by atoms with Crippen molar-refractivity contribution in [2.45, 2.75) is 38.4 Å². The molecule has 134 valence electrons. The summed E-state index contributed by atoms with van der Waals surface area (Å²) in [5.74, 6) is -0.660. The molecular formula is C19H22BrNO4. The summed E-state index contributed by atoms with van der Waals surface area (Å²) >= 11 is 3.50. The van der Waals surface area contributed by atoms with Crippen molar-refractivity contribution in [3.8, 4) is 0 Å². The van der Waals surface area contributed by atoms with Gasteiger partial charge in [0.1, 0.15) is 0 Å². The Morgan fingerprint density at radius 2 is 1.84 bits per heavy atom. The van der Waals surface area contributed by atoms with Crippen molar-refractivity contribution in [3.05, 3.63) is 29.8 Å². The average Bonchev–Trinajstić information content (AvgIpc) is 2.86. The minimum absolute atomic E-state index is 0.0835. The van der Waals surface area contributed by atoms with Crippen molar-refractivity contribution < 1.29 is 19.1 Å². The van der Waals surface area contributed by atoms with Crippen molar-refractivity contribution >= 4 is 39.3 Å². The fourth-order valence-corrected chi connectivity index (χ4v) is 6.08. The highest BCUT2D eigenvalue weighted by Gasteiger charge is 2.76. The molecule has 0 radical (unpaired) electrons. The molecule has 0 unspecified atom stereocenters. The Morgan fingerprint density at radius 3 is 2.40 bits per heavy atom. The SMILES string of the molecule is COC(=O)c1ccccc1NC(=O)[C@]12CC[C@](C)(C(=O)[C@@H]1Br)C2(C)C. The number of fused-ring (bicyclic) bond motifs is 2. The lowest BCUT2D eigenvalue weighted by Gasteiger charge is -2.39. The minimum atomic E-state index is -0.845. The molecule has 2 saturated carbocycles. The number of benzene rings is 1. The highest BCUT2D eigenvalue weighted by molar-refractivity contribution is 9.10. The molecule has 0 heterocycles. The summed E-state index contributed by atoms with van der Waals surface area (Å²) in [6.45, 7) is 5.93. The van der Waals surface area contributed by atoms with Crippen LogP contribution in [0.2, 0.25) is 0 Å². The number of methoxy groups -OCH3 is 1. The second-order valence-corrected chi connectivity index (χ2v) is 8.56. The number of esters is 1. The third-order valence-electron chi connectivity index (χ3n) is 6.71. The maximum Gasteiger partial charge on any atom is 0.339 e. The first kappa shape index (κ1) is 18.1. The smallest absolute Gasteiger partial charge is 0.339 e. The van der Waals surface area contributed by atoms with E-state index in [1.807, 2.05) is 20.8 Å². The van der Waals surface area contributed by atoms with Gasteiger partial charge in [-0.1, -0.05) is 48.8 Å². The Balaban J connectivity index is 2.00. The Labute approximate surface area is 155 Å². The Kier molecular flexibility index (Phi) is 4.10. The maximum atomic E-state index is 13.3. The second kappa shape index (κ2) is 5.66. The number of para-hydroxylation sites is 1. The monoisotopic (exact) mass is 407 g/mol. The molecule has 3 rings (SSSR count). The molecule has 1 aromatic carbocycles. The lowest BCUT2D eigenvalue weighted by atomic mass is 9.64. The number of nitrogens with one attached hydrogen (secondary N) is 1. The summed E-state index contributed by atoms with van der Waals surface area (Å²) in [7, 11) is 1.30. The lowest BCUT2D eigenvalue weighted by molar-refractivity contribution is -0.130. The molecule has 2 fully saturated rings. The van der Waals surface area contributed by atoms with E-state index in [1.165, 1.54) is 7.11 Å². The number of halogens is 1. The lowest BCUT2D eigenvalue weighted by Crippen LogP contribution is -2.48. The Hall–Kier alpha value is -1.69. The van der Waals surface area contributed by atoms with Crippen LogP contribution < -0.4 is 5.32 Å². The number of rotatable bonds is 3. The Morgan fingerprint density at radius 1 is 1.20 bits per heavy atom. The maximum absolute atomic E-state index is 13.3. The fourth-order valence-electron chi connectivity index (χ4n) is 4.57.